The van der Waals surface area contributed by atoms with Gasteiger partial charge in [0.15, 0.2) is 4.96 Å². The topological polar surface area (TPSA) is 54.7 Å². The number of fused-ring (bicyclic) bond motifs is 3. The highest BCUT2D eigenvalue weighted by Crippen LogP contribution is 2.30. The number of nitrogens with zero attached hydrogens (tertiary/aromatic N) is 3. The largest absolute Gasteiger partial charge is 0.349 e. The zero-order valence-corrected chi connectivity index (χ0v) is 15.3. The van der Waals surface area contributed by atoms with Crippen LogP contribution in [0, 0.1) is 0 Å². The van der Waals surface area contributed by atoms with Crippen LogP contribution in [0.4, 0.5) is 0 Å². The van der Waals surface area contributed by atoms with Crippen molar-refractivity contribution in [3.8, 4) is 11.3 Å². The van der Waals surface area contributed by atoms with Crippen LogP contribution >= 0.6 is 11.3 Å². The SMILES string of the molecule is CN(C)C(=O)Cc1ccc2c(c1)sc1nc(=O)cc(-c3ccccc3)n12. The van der Waals surface area contributed by atoms with Crippen LogP contribution in [-0.4, -0.2) is 34.3 Å². The summed E-state index contributed by atoms with van der Waals surface area (Å²) in [5.74, 6) is 0.0584. The predicted octanol–water partition coefficient (Wildman–Crippen LogP) is 3.21. The van der Waals surface area contributed by atoms with Gasteiger partial charge in [-0.3, -0.25) is 14.0 Å². The number of likely N-dealkylation sites (N-methyl/N-ethyl adjacent to an activating group) is 1. The molecule has 6 heteroatoms. The molecule has 0 aliphatic carbocycles. The summed E-state index contributed by atoms with van der Waals surface area (Å²) < 4.78 is 3.01. The van der Waals surface area contributed by atoms with E-state index in [1.165, 1.54) is 11.3 Å². The Labute approximate surface area is 154 Å². The fraction of sp³-hybridized carbons (Fsp3) is 0.150. The molecule has 0 N–H and O–H groups in total. The number of hydrogen-bond acceptors (Lipinski definition) is 4. The molecule has 0 aliphatic rings. The van der Waals surface area contributed by atoms with E-state index in [9.17, 15) is 9.59 Å². The first-order valence-corrected chi connectivity index (χ1v) is 9.05. The van der Waals surface area contributed by atoms with Crippen LogP contribution in [0.1, 0.15) is 5.56 Å². The van der Waals surface area contributed by atoms with Crippen molar-refractivity contribution in [2.45, 2.75) is 6.42 Å². The first-order valence-electron chi connectivity index (χ1n) is 8.24. The number of aromatic nitrogens is 2. The molecule has 4 rings (SSSR count). The van der Waals surface area contributed by atoms with Crippen molar-refractivity contribution in [2.24, 2.45) is 0 Å². The number of hydrogen-bond donors (Lipinski definition) is 0. The third-order valence-corrected chi connectivity index (χ3v) is 5.29. The second kappa shape index (κ2) is 6.38. The van der Waals surface area contributed by atoms with Crippen LogP contribution in [0.25, 0.3) is 26.4 Å². The Bertz CT molecular complexity index is 1180. The fourth-order valence-electron chi connectivity index (χ4n) is 2.95. The summed E-state index contributed by atoms with van der Waals surface area (Å²) in [6.07, 6.45) is 0.355. The summed E-state index contributed by atoms with van der Waals surface area (Å²) in [6, 6.07) is 17.3. The van der Waals surface area contributed by atoms with E-state index in [0.29, 0.717) is 11.4 Å². The van der Waals surface area contributed by atoms with E-state index >= 15 is 0 Å². The lowest BCUT2D eigenvalue weighted by Crippen LogP contribution is -2.23. The van der Waals surface area contributed by atoms with Crippen molar-refractivity contribution in [1.29, 1.82) is 0 Å². The van der Waals surface area contributed by atoms with Gasteiger partial charge in [0.1, 0.15) is 0 Å². The Morgan fingerprint density at radius 3 is 2.62 bits per heavy atom. The fourth-order valence-corrected chi connectivity index (χ4v) is 4.04. The lowest BCUT2D eigenvalue weighted by molar-refractivity contribution is -0.127. The van der Waals surface area contributed by atoms with Crippen LogP contribution in [0.15, 0.2) is 59.4 Å². The predicted molar refractivity (Wildman–Crippen MR) is 105 cm³/mol. The molecular weight excluding hydrogens is 346 g/mol. The van der Waals surface area contributed by atoms with Crippen LogP contribution in [0.3, 0.4) is 0 Å². The number of rotatable bonds is 3. The van der Waals surface area contributed by atoms with E-state index < -0.39 is 0 Å². The van der Waals surface area contributed by atoms with Gasteiger partial charge in [0, 0.05) is 20.2 Å². The molecule has 1 amide bonds. The highest BCUT2D eigenvalue weighted by atomic mass is 32.1. The highest BCUT2D eigenvalue weighted by Gasteiger charge is 2.13. The van der Waals surface area contributed by atoms with E-state index in [2.05, 4.69) is 4.98 Å². The van der Waals surface area contributed by atoms with Crippen LogP contribution in [-0.2, 0) is 11.2 Å². The molecule has 130 valence electrons. The first-order chi connectivity index (χ1) is 12.5. The molecule has 4 aromatic rings. The number of benzene rings is 2. The van der Waals surface area contributed by atoms with Gasteiger partial charge in [0.2, 0.25) is 5.91 Å². The van der Waals surface area contributed by atoms with E-state index in [1.807, 2.05) is 52.9 Å². The standard InChI is InChI=1S/C20H17N3O2S/c1-22(2)19(25)11-13-8-9-15-17(10-13)26-20-21-18(24)12-16(23(15)20)14-6-4-3-5-7-14/h3-10,12H,11H2,1-2H3. The highest BCUT2D eigenvalue weighted by molar-refractivity contribution is 7.23. The molecule has 0 atom stereocenters. The third kappa shape index (κ3) is 2.88. The van der Waals surface area contributed by atoms with Gasteiger partial charge in [0.05, 0.1) is 22.3 Å². The van der Waals surface area contributed by atoms with E-state index in [-0.39, 0.29) is 11.5 Å². The summed E-state index contributed by atoms with van der Waals surface area (Å²) in [5, 5.41) is 0. The van der Waals surface area contributed by atoms with Gasteiger partial charge in [-0.25, -0.2) is 0 Å². The van der Waals surface area contributed by atoms with Crippen molar-refractivity contribution in [3.05, 3.63) is 70.5 Å². The normalized spacial score (nSPS) is 11.2. The van der Waals surface area contributed by atoms with Gasteiger partial charge < -0.3 is 4.90 Å². The second-order valence-corrected chi connectivity index (χ2v) is 7.34. The van der Waals surface area contributed by atoms with Crippen molar-refractivity contribution in [3.63, 3.8) is 0 Å². The Morgan fingerprint density at radius 2 is 1.88 bits per heavy atom. The molecule has 0 saturated carbocycles. The molecule has 0 bridgehead atoms. The molecule has 0 unspecified atom stereocenters. The van der Waals surface area contributed by atoms with Gasteiger partial charge >= 0.3 is 0 Å². The van der Waals surface area contributed by atoms with Gasteiger partial charge in [-0.05, 0) is 23.3 Å². The molecule has 0 radical (unpaired) electrons. The minimum atomic E-state index is -0.251. The van der Waals surface area contributed by atoms with Gasteiger partial charge in [-0.1, -0.05) is 47.7 Å². The van der Waals surface area contributed by atoms with Gasteiger partial charge in [-0.2, -0.15) is 4.98 Å². The molecule has 0 fully saturated rings. The summed E-state index contributed by atoms with van der Waals surface area (Å²) in [7, 11) is 3.50. The molecule has 2 heterocycles. The van der Waals surface area contributed by atoms with Gasteiger partial charge in [-0.15, -0.1) is 0 Å². The second-order valence-electron chi connectivity index (χ2n) is 6.33. The zero-order valence-electron chi connectivity index (χ0n) is 14.5. The molecule has 5 nitrogen and oxygen atoms in total. The molecule has 0 aliphatic heterocycles. The molecular formula is C20H17N3O2S. The lowest BCUT2D eigenvalue weighted by Gasteiger charge is -2.10. The number of amides is 1. The van der Waals surface area contributed by atoms with Crippen molar-refractivity contribution >= 4 is 32.4 Å². The van der Waals surface area contributed by atoms with Crippen LogP contribution in [0.5, 0.6) is 0 Å². The summed E-state index contributed by atoms with van der Waals surface area (Å²) in [5.41, 5.74) is 3.47. The Balaban J connectivity index is 1.92. The molecule has 2 aromatic carbocycles. The summed E-state index contributed by atoms with van der Waals surface area (Å²) in [4.78, 5) is 30.5. The van der Waals surface area contributed by atoms with Crippen LogP contribution in [0.2, 0.25) is 0 Å². The number of carbonyl (C=O) groups is 1. The van der Waals surface area contributed by atoms with E-state index in [0.717, 1.165) is 27.0 Å². The maximum Gasteiger partial charge on any atom is 0.274 e. The van der Waals surface area contributed by atoms with Crippen molar-refractivity contribution < 1.29 is 4.79 Å². The number of carbonyl (C=O) groups excluding carboxylic acids is 1. The van der Waals surface area contributed by atoms with Gasteiger partial charge in [0.25, 0.3) is 5.56 Å². The lowest BCUT2D eigenvalue weighted by atomic mass is 10.1. The first kappa shape index (κ1) is 16.5. The monoisotopic (exact) mass is 363 g/mol. The minimum absolute atomic E-state index is 0.0584. The summed E-state index contributed by atoms with van der Waals surface area (Å²) in [6.45, 7) is 0. The molecule has 2 aromatic heterocycles. The smallest absolute Gasteiger partial charge is 0.274 e. The molecule has 26 heavy (non-hydrogen) atoms. The third-order valence-electron chi connectivity index (χ3n) is 4.29. The quantitative estimate of drug-likeness (QED) is 0.562. The van der Waals surface area contributed by atoms with E-state index in [4.69, 9.17) is 0 Å². The maximum absolute atomic E-state index is 12.1. The Hall–Kier alpha value is -2.99. The Kier molecular flexibility index (Phi) is 4.05. The minimum Gasteiger partial charge on any atom is -0.349 e. The average Bonchev–Trinajstić information content (AvgIpc) is 2.98. The van der Waals surface area contributed by atoms with Crippen molar-refractivity contribution in [2.75, 3.05) is 14.1 Å². The summed E-state index contributed by atoms with van der Waals surface area (Å²) >= 11 is 1.46. The van der Waals surface area contributed by atoms with Crippen LogP contribution < -0.4 is 5.56 Å². The Morgan fingerprint density at radius 1 is 1.12 bits per heavy atom. The molecule has 0 spiro atoms. The average molecular weight is 363 g/mol. The molecule has 0 saturated heterocycles. The van der Waals surface area contributed by atoms with E-state index in [1.54, 1.807) is 25.1 Å². The van der Waals surface area contributed by atoms with Crippen molar-refractivity contribution in [1.82, 2.24) is 14.3 Å². The maximum atomic E-state index is 12.1. The number of thiazole rings is 1. The zero-order chi connectivity index (χ0) is 18.3.